The summed E-state index contributed by atoms with van der Waals surface area (Å²) < 4.78 is 23.0. The molecule has 2 aromatic rings. The van der Waals surface area contributed by atoms with Crippen LogP contribution >= 0.6 is 11.6 Å². The fraction of sp³-hybridized carbons (Fsp3) is 0.182. The van der Waals surface area contributed by atoms with Crippen molar-refractivity contribution in [3.8, 4) is 0 Å². The van der Waals surface area contributed by atoms with Gasteiger partial charge in [0.25, 0.3) is 5.69 Å². The normalized spacial score (nSPS) is 13.8. The molecule has 1 heterocycles. The van der Waals surface area contributed by atoms with E-state index in [1.54, 1.807) is 17.0 Å². The molecule has 0 spiro atoms. The van der Waals surface area contributed by atoms with E-state index >= 15 is 0 Å². The first-order valence-electron chi connectivity index (χ1n) is 9.29. The fourth-order valence-electron chi connectivity index (χ4n) is 3.39. The molecule has 0 radical (unpaired) electrons. The maximum absolute atomic E-state index is 13.2. The van der Waals surface area contributed by atoms with Gasteiger partial charge in [-0.15, -0.1) is 0 Å². The fourth-order valence-corrected chi connectivity index (χ4v) is 3.57. The van der Waals surface area contributed by atoms with Crippen molar-refractivity contribution in [2.24, 2.45) is 0 Å². The maximum atomic E-state index is 13.2. The first-order chi connectivity index (χ1) is 15.2. The van der Waals surface area contributed by atoms with E-state index < -0.39 is 28.6 Å². The Kier molecular flexibility index (Phi) is 6.89. The van der Waals surface area contributed by atoms with Crippen molar-refractivity contribution in [2.45, 2.75) is 12.5 Å². The molecule has 2 aromatic carbocycles. The van der Waals surface area contributed by atoms with Gasteiger partial charge >= 0.3 is 11.9 Å². The standard InChI is InChI=1S/C22H18ClFN2O6/c1-31-21(27)16-11-25(10-13-3-6-15(24)7-4-13)12-17(22(28)32-2)20(16)14-5-8-18(23)19(9-14)26(29)30/h3-9,11-12,20H,10H2,1-2H3. The molecule has 32 heavy (non-hydrogen) atoms. The minimum absolute atomic E-state index is 0.0640. The predicted molar refractivity (Wildman–Crippen MR) is 113 cm³/mol. The molecular formula is C22H18ClFN2O6. The van der Waals surface area contributed by atoms with Gasteiger partial charge in [-0.1, -0.05) is 29.8 Å². The van der Waals surface area contributed by atoms with E-state index in [0.29, 0.717) is 5.56 Å². The molecule has 0 N–H and O–H groups in total. The van der Waals surface area contributed by atoms with Crippen molar-refractivity contribution in [2.75, 3.05) is 14.2 Å². The molecule has 0 saturated carbocycles. The molecule has 10 heteroatoms. The van der Waals surface area contributed by atoms with Crippen molar-refractivity contribution in [1.82, 2.24) is 4.90 Å². The van der Waals surface area contributed by atoms with Crippen molar-refractivity contribution in [3.05, 3.63) is 98.1 Å². The Labute approximate surface area is 187 Å². The van der Waals surface area contributed by atoms with Gasteiger partial charge < -0.3 is 14.4 Å². The second-order valence-electron chi connectivity index (χ2n) is 6.85. The van der Waals surface area contributed by atoms with E-state index in [-0.39, 0.29) is 34.0 Å². The molecule has 1 aliphatic heterocycles. The minimum atomic E-state index is -0.990. The highest BCUT2D eigenvalue weighted by Crippen LogP contribution is 2.39. The molecule has 0 fully saturated rings. The summed E-state index contributed by atoms with van der Waals surface area (Å²) in [6.45, 7) is 0.217. The van der Waals surface area contributed by atoms with Crippen molar-refractivity contribution in [3.63, 3.8) is 0 Å². The number of halogens is 2. The third-order valence-electron chi connectivity index (χ3n) is 4.85. The number of benzene rings is 2. The van der Waals surface area contributed by atoms with Gasteiger partial charge in [0, 0.05) is 25.0 Å². The SMILES string of the molecule is COC(=O)C1=CN(Cc2ccc(F)cc2)C=C(C(=O)OC)C1c1ccc(Cl)c([N+](=O)[O-])c1. The van der Waals surface area contributed by atoms with Crippen molar-refractivity contribution >= 4 is 29.2 Å². The van der Waals surface area contributed by atoms with Crippen molar-refractivity contribution in [1.29, 1.82) is 0 Å². The van der Waals surface area contributed by atoms with Gasteiger partial charge in [0.2, 0.25) is 0 Å². The molecule has 0 unspecified atom stereocenters. The van der Waals surface area contributed by atoms with Crippen LogP contribution in [0.5, 0.6) is 0 Å². The van der Waals surface area contributed by atoms with E-state index in [0.717, 1.165) is 0 Å². The molecular weight excluding hydrogens is 443 g/mol. The number of methoxy groups -OCH3 is 2. The van der Waals surface area contributed by atoms with Crippen LogP contribution in [0.25, 0.3) is 0 Å². The second-order valence-corrected chi connectivity index (χ2v) is 7.26. The van der Waals surface area contributed by atoms with Crippen LogP contribution in [-0.4, -0.2) is 36.0 Å². The molecule has 0 atom stereocenters. The van der Waals surface area contributed by atoms with Crippen LogP contribution in [0.1, 0.15) is 17.0 Å². The smallest absolute Gasteiger partial charge is 0.336 e. The van der Waals surface area contributed by atoms with Gasteiger partial charge in [0.05, 0.1) is 36.2 Å². The summed E-state index contributed by atoms with van der Waals surface area (Å²) in [4.78, 5) is 37.5. The number of hydrogen-bond acceptors (Lipinski definition) is 7. The van der Waals surface area contributed by atoms with E-state index in [1.807, 2.05) is 0 Å². The highest BCUT2D eigenvalue weighted by molar-refractivity contribution is 6.32. The van der Waals surface area contributed by atoms with Crippen LogP contribution in [0.3, 0.4) is 0 Å². The third kappa shape index (κ3) is 4.78. The third-order valence-corrected chi connectivity index (χ3v) is 5.17. The minimum Gasteiger partial charge on any atom is -0.466 e. The Morgan fingerprint density at radius 1 is 1.06 bits per heavy atom. The highest BCUT2D eigenvalue weighted by Gasteiger charge is 2.36. The Morgan fingerprint density at radius 3 is 2.12 bits per heavy atom. The first-order valence-corrected chi connectivity index (χ1v) is 9.67. The molecule has 0 bridgehead atoms. The number of nitro groups is 1. The first kappa shape index (κ1) is 23.0. The molecule has 8 nitrogen and oxygen atoms in total. The van der Waals surface area contributed by atoms with Crippen LogP contribution in [0.4, 0.5) is 10.1 Å². The topological polar surface area (TPSA) is 99.0 Å². The summed E-state index contributed by atoms with van der Waals surface area (Å²) >= 11 is 5.92. The molecule has 3 rings (SSSR count). The Balaban J connectivity index is 2.12. The lowest BCUT2D eigenvalue weighted by Crippen LogP contribution is -2.28. The molecule has 0 aromatic heterocycles. The number of carbonyl (C=O) groups excluding carboxylic acids is 2. The van der Waals surface area contributed by atoms with Gasteiger partial charge in [-0.3, -0.25) is 10.1 Å². The number of ether oxygens (including phenoxy) is 2. The van der Waals surface area contributed by atoms with E-state index in [1.165, 1.54) is 57.0 Å². The quantitative estimate of drug-likeness (QED) is 0.363. The Morgan fingerprint density at radius 2 is 1.62 bits per heavy atom. The average Bonchev–Trinajstić information content (AvgIpc) is 2.79. The van der Waals surface area contributed by atoms with Crippen molar-refractivity contribution < 1.29 is 28.4 Å². The molecule has 0 saturated heterocycles. The van der Waals surface area contributed by atoms with Gasteiger partial charge in [-0.2, -0.15) is 0 Å². The van der Waals surface area contributed by atoms with Gasteiger partial charge in [0.15, 0.2) is 0 Å². The lowest BCUT2D eigenvalue weighted by molar-refractivity contribution is -0.384. The van der Waals surface area contributed by atoms with E-state index in [9.17, 15) is 24.1 Å². The molecule has 1 aliphatic rings. The number of esters is 2. The second kappa shape index (κ2) is 9.61. The molecule has 166 valence electrons. The van der Waals surface area contributed by atoms with E-state index in [2.05, 4.69) is 0 Å². The summed E-state index contributed by atoms with van der Waals surface area (Å²) in [5.74, 6) is -2.85. The van der Waals surface area contributed by atoms with Crippen LogP contribution in [0.2, 0.25) is 5.02 Å². The number of hydrogen-bond donors (Lipinski definition) is 0. The van der Waals surface area contributed by atoms with Gasteiger partial charge in [-0.25, -0.2) is 14.0 Å². The largest absolute Gasteiger partial charge is 0.466 e. The van der Waals surface area contributed by atoms with Gasteiger partial charge in [-0.05, 0) is 29.3 Å². The lowest BCUT2D eigenvalue weighted by atomic mass is 9.83. The molecule has 0 aliphatic carbocycles. The average molecular weight is 461 g/mol. The van der Waals surface area contributed by atoms with E-state index in [4.69, 9.17) is 21.1 Å². The van der Waals surface area contributed by atoms with Crippen LogP contribution < -0.4 is 0 Å². The van der Waals surface area contributed by atoms with Gasteiger partial charge in [0.1, 0.15) is 10.8 Å². The molecule has 0 amide bonds. The summed E-state index contributed by atoms with van der Waals surface area (Å²) in [5, 5.41) is 11.3. The zero-order valence-electron chi connectivity index (χ0n) is 17.1. The number of carbonyl (C=O) groups is 2. The maximum Gasteiger partial charge on any atom is 0.336 e. The zero-order valence-corrected chi connectivity index (χ0v) is 17.8. The summed E-state index contributed by atoms with van der Waals surface area (Å²) in [6.07, 6.45) is 2.96. The van der Waals surface area contributed by atoms with Crippen LogP contribution in [0.15, 0.2) is 66.0 Å². The Bertz CT molecular complexity index is 1100. The summed E-state index contributed by atoms with van der Waals surface area (Å²) in [6, 6.07) is 9.75. The van der Waals surface area contributed by atoms with Crippen LogP contribution in [0, 0.1) is 15.9 Å². The zero-order chi connectivity index (χ0) is 23.4. The number of rotatable bonds is 6. The number of nitro benzene ring substituents is 1. The lowest BCUT2D eigenvalue weighted by Gasteiger charge is -2.30. The predicted octanol–water partition coefficient (Wildman–Crippen LogP) is 4.10. The number of nitrogens with zero attached hydrogens (tertiary/aromatic N) is 2. The summed E-state index contributed by atoms with van der Waals surface area (Å²) in [7, 11) is 2.37. The van der Waals surface area contributed by atoms with Crippen LogP contribution in [-0.2, 0) is 25.6 Å². The monoisotopic (exact) mass is 460 g/mol. The highest BCUT2D eigenvalue weighted by atomic mass is 35.5. The Hall–Kier alpha value is -3.72. The summed E-state index contributed by atoms with van der Waals surface area (Å²) in [5.41, 5.74) is 0.762.